The van der Waals surface area contributed by atoms with E-state index in [1.165, 1.54) is 25.7 Å². The van der Waals surface area contributed by atoms with Gasteiger partial charge < -0.3 is 10.5 Å². The van der Waals surface area contributed by atoms with Crippen LogP contribution in [-0.4, -0.2) is 33.5 Å². The second kappa shape index (κ2) is 5.15. The molecular formula is C12H23NO2S. The van der Waals surface area contributed by atoms with Crippen molar-refractivity contribution in [2.45, 2.75) is 62.3 Å². The Morgan fingerprint density at radius 2 is 2.19 bits per heavy atom. The molecule has 0 aromatic rings. The van der Waals surface area contributed by atoms with E-state index in [1.54, 1.807) is 0 Å². The lowest BCUT2D eigenvalue weighted by Gasteiger charge is -2.38. The van der Waals surface area contributed by atoms with Crippen molar-refractivity contribution < 1.29 is 8.95 Å². The molecule has 1 heterocycles. The third-order valence-corrected chi connectivity index (χ3v) is 5.76. The van der Waals surface area contributed by atoms with Gasteiger partial charge in [0.25, 0.3) is 0 Å². The molecule has 4 heteroatoms. The first kappa shape index (κ1) is 12.5. The van der Waals surface area contributed by atoms with Gasteiger partial charge in [0.15, 0.2) is 0 Å². The monoisotopic (exact) mass is 245 g/mol. The first-order valence-electron chi connectivity index (χ1n) is 6.38. The van der Waals surface area contributed by atoms with E-state index in [-0.39, 0.29) is 11.6 Å². The van der Waals surface area contributed by atoms with Crippen molar-refractivity contribution in [1.29, 1.82) is 0 Å². The smallest absolute Gasteiger partial charge is 0.0694 e. The van der Waals surface area contributed by atoms with Crippen molar-refractivity contribution in [1.82, 2.24) is 0 Å². The Hall–Kier alpha value is 0.0700. The van der Waals surface area contributed by atoms with Crippen LogP contribution in [0.4, 0.5) is 0 Å². The third kappa shape index (κ3) is 2.84. The van der Waals surface area contributed by atoms with E-state index in [9.17, 15) is 4.21 Å². The molecule has 3 atom stereocenters. The molecule has 2 aliphatic rings. The van der Waals surface area contributed by atoms with Crippen LogP contribution < -0.4 is 5.73 Å². The summed E-state index contributed by atoms with van der Waals surface area (Å²) in [6.45, 7) is 2.72. The van der Waals surface area contributed by atoms with Gasteiger partial charge in [-0.05, 0) is 32.6 Å². The fraction of sp³-hybridized carbons (Fsp3) is 1.00. The molecular weight excluding hydrogens is 222 g/mol. The zero-order chi connectivity index (χ0) is 11.6. The molecule has 0 amide bonds. The van der Waals surface area contributed by atoms with E-state index in [2.05, 4.69) is 0 Å². The molecule has 3 unspecified atom stereocenters. The molecule has 1 aliphatic carbocycles. The van der Waals surface area contributed by atoms with Crippen molar-refractivity contribution in [3.63, 3.8) is 0 Å². The van der Waals surface area contributed by atoms with Crippen molar-refractivity contribution >= 4 is 10.8 Å². The SMILES string of the molecule is CC(N)CS(=O)C1CCOC2(CCCC2)C1. The minimum atomic E-state index is -0.764. The summed E-state index contributed by atoms with van der Waals surface area (Å²) < 4.78 is 18.1. The number of ether oxygens (including phenoxy) is 1. The van der Waals surface area contributed by atoms with Gasteiger partial charge in [0, 0.05) is 34.5 Å². The average molecular weight is 245 g/mol. The molecule has 94 valence electrons. The van der Waals surface area contributed by atoms with Crippen LogP contribution in [0.15, 0.2) is 0 Å². The summed E-state index contributed by atoms with van der Waals surface area (Å²) in [4.78, 5) is 0. The second-order valence-electron chi connectivity index (χ2n) is 5.38. The quantitative estimate of drug-likeness (QED) is 0.821. The normalized spacial score (nSPS) is 32.8. The van der Waals surface area contributed by atoms with Gasteiger partial charge in [0.2, 0.25) is 0 Å². The van der Waals surface area contributed by atoms with Gasteiger partial charge in [0.05, 0.1) is 5.60 Å². The molecule has 16 heavy (non-hydrogen) atoms. The van der Waals surface area contributed by atoms with Gasteiger partial charge in [-0.15, -0.1) is 0 Å². The summed E-state index contributed by atoms with van der Waals surface area (Å²) in [6.07, 6.45) is 6.81. The summed E-state index contributed by atoms with van der Waals surface area (Å²) in [5, 5.41) is 0.317. The minimum absolute atomic E-state index is 0.0446. The number of hydrogen-bond donors (Lipinski definition) is 1. The van der Waals surface area contributed by atoms with Crippen LogP contribution in [0, 0.1) is 0 Å². The molecule has 1 spiro atoms. The second-order valence-corrected chi connectivity index (χ2v) is 7.14. The molecule has 2 fully saturated rings. The molecule has 1 saturated carbocycles. The first-order valence-corrected chi connectivity index (χ1v) is 7.76. The fourth-order valence-electron chi connectivity index (χ4n) is 2.97. The standard InChI is InChI=1S/C12H23NO2S/c1-10(13)9-16(14)11-4-7-15-12(8-11)5-2-3-6-12/h10-11H,2-9,13H2,1H3. The zero-order valence-electron chi connectivity index (χ0n) is 10.1. The fourth-order valence-corrected chi connectivity index (χ4v) is 4.61. The van der Waals surface area contributed by atoms with E-state index < -0.39 is 10.8 Å². The lowest BCUT2D eigenvalue weighted by Crippen LogP contribution is -2.42. The van der Waals surface area contributed by atoms with Crippen LogP contribution in [0.3, 0.4) is 0 Å². The zero-order valence-corrected chi connectivity index (χ0v) is 10.9. The van der Waals surface area contributed by atoms with Gasteiger partial charge in [-0.3, -0.25) is 4.21 Å². The van der Waals surface area contributed by atoms with Crippen molar-refractivity contribution in [3.8, 4) is 0 Å². The highest BCUT2D eigenvalue weighted by atomic mass is 32.2. The first-order chi connectivity index (χ1) is 7.61. The van der Waals surface area contributed by atoms with Crippen LogP contribution in [0.25, 0.3) is 0 Å². The van der Waals surface area contributed by atoms with Crippen molar-refractivity contribution in [2.24, 2.45) is 5.73 Å². The van der Waals surface area contributed by atoms with E-state index in [4.69, 9.17) is 10.5 Å². The molecule has 1 aliphatic heterocycles. The Kier molecular flexibility index (Phi) is 4.03. The highest BCUT2D eigenvalue weighted by Crippen LogP contribution is 2.41. The number of hydrogen-bond acceptors (Lipinski definition) is 3. The van der Waals surface area contributed by atoms with E-state index in [1.807, 2.05) is 6.92 Å². The van der Waals surface area contributed by atoms with Crippen molar-refractivity contribution in [2.75, 3.05) is 12.4 Å². The minimum Gasteiger partial charge on any atom is -0.375 e. The summed E-state index contributed by atoms with van der Waals surface area (Å²) in [6, 6.07) is 0.0446. The maximum Gasteiger partial charge on any atom is 0.0694 e. The van der Waals surface area contributed by atoms with Gasteiger partial charge >= 0.3 is 0 Å². The Bertz CT molecular complexity index is 262. The Morgan fingerprint density at radius 3 is 2.81 bits per heavy atom. The van der Waals surface area contributed by atoms with Gasteiger partial charge in [-0.2, -0.15) is 0 Å². The highest BCUT2D eigenvalue weighted by molar-refractivity contribution is 7.85. The molecule has 0 radical (unpaired) electrons. The predicted octanol–water partition coefficient (Wildman–Crippen LogP) is 1.57. The summed E-state index contributed by atoms with van der Waals surface area (Å²) in [7, 11) is -0.764. The molecule has 3 nitrogen and oxygen atoms in total. The molecule has 2 rings (SSSR count). The Labute approximate surface area is 101 Å². The topological polar surface area (TPSA) is 52.3 Å². The maximum atomic E-state index is 12.1. The Morgan fingerprint density at radius 1 is 1.50 bits per heavy atom. The van der Waals surface area contributed by atoms with Gasteiger partial charge in [-0.25, -0.2) is 0 Å². The van der Waals surface area contributed by atoms with Gasteiger partial charge in [-0.1, -0.05) is 12.8 Å². The average Bonchev–Trinajstić information content (AvgIpc) is 2.65. The molecule has 0 bridgehead atoms. The van der Waals surface area contributed by atoms with Crippen molar-refractivity contribution in [3.05, 3.63) is 0 Å². The van der Waals surface area contributed by atoms with E-state index >= 15 is 0 Å². The summed E-state index contributed by atoms with van der Waals surface area (Å²) in [5.74, 6) is 0.640. The maximum absolute atomic E-state index is 12.1. The largest absolute Gasteiger partial charge is 0.375 e. The lowest BCUT2D eigenvalue weighted by molar-refractivity contribution is -0.0708. The number of nitrogens with two attached hydrogens (primary N) is 1. The van der Waals surface area contributed by atoms with Crippen LogP contribution in [0.2, 0.25) is 0 Å². The summed E-state index contributed by atoms with van der Waals surface area (Å²) >= 11 is 0. The van der Waals surface area contributed by atoms with Crippen LogP contribution in [-0.2, 0) is 15.5 Å². The molecule has 2 N–H and O–H groups in total. The highest BCUT2D eigenvalue weighted by Gasteiger charge is 2.41. The Balaban J connectivity index is 1.93. The van der Waals surface area contributed by atoms with Crippen LogP contribution >= 0.6 is 0 Å². The van der Waals surface area contributed by atoms with E-state index in [0.29, 0.717) is 11.0 Å². The van der Waals surface area contributed by atoms with Gasteiger partial charge in [0.1, 0.15) is 0 Å². The van der Waals surface area contributed by atoms with E-state index in [0.717, 1.165) is 19.4 Å². The molecule has 0 aromatic carbocycles. The van der Waals surface area contributed by atoms with Crippen LogP contribution in [0.1, 0.15) is 45.4 Å². The van der Waals surface area contributed by atoms with Crippen LogP contribution in [0.5, 0.6) is 0 Å². The third-order valence-electron chi connectivity index (χ3n) is 3.76. The summed E-state index contributed by atoms with van der Waals surface area (Å²) in [5.41, 5.74) is 5.80. The number of rotatable bonds is 3. The lowest BCUT2D eigenvalue weighted by atomic mass is 9.92. The molecule has 1 saturated heterocycles. The predicted molar refractivity (Wildman–Crippen MR) is 66.8 cm³/mol. The molecule has 0 aromatic heterocycles.